The van der Waals surface area contributed by atoms with Gasteiger partial charge in [0.1, 0.15) is 5.41 Å². The van der Waals surface area contributed by atoms with E-state index in [1.54, 1.807) is 6.92 Å². The molecule has 0 bridgehead atoms. The summed E-state index contributed by atoms with van der Waals surface area (Å²) in [6, 6.07) is 0. The molecule has 0 aromatic rings. The zero-order chi connectivity index (χ0) is 22.1. The van der Waals surface area contributed by atoms with Crippen LogP contribution < -0.4 is 0 Å². The molecule has 3 N–H and O–H groups in total. The highest BCUT2D eigenvalue weighted by Crippen LogP contribution is 2.73. The van der Waals surface area contributed by atoms with Gasteiger partial charge in [-0.3, -0.25) is 4.79 Å². The fraction of sp³-hybridized carbons (Fsp3) is 0.962. The number of hydrogen-bond donors (Lipinski definition) is 3. The number of aliphatic hydroxyl groups is 2. The number of fused-ring (bicyclic) bond motifs is 5. The van der Waals surface area contributed by atoms with Gasteiger partial charge in [-0.25, -0.2) is 0 Å². The Bertz CT molecular complexity index is 689. The summed E-state index contributed by atoms with van der Waals surface area (Å²) in [4.78, 5) is 12.8. The molecular weight excluding hydrogens is 376 g/mol. The first-order valence-corrected chi connectivity index (χ1v) is 12.6. The van der Waals surface area contributed by atoms with Crippen molar-refractivity contribution in [1.82, 2.24) is 0 Å². The Hall–Kier alpha value is -0.610. The van der Waals surface area contributed by atoms with Crippen molar-refractivity contribution in [1.29, 1.82) is 0 Å². The van der Waals surface area contributed by atoms with Gasteiger partial charge in [-0.2, -0.15) is 0 Å². The Labute approximate surface area is 182 Å². The van der Waals surface area contributed by atoms with Crippen LogP contribution in [0.2, 0.25) is 0 Å². The lowest BCUT2D eigenvalue weighted by Gasteiger charge is -2.68. The van der Waals surface area contributed by atoms with E-state index in [2.05, 4.69) is 27.7 Å². The van der Waals surface area contributed by atoms with Crippen LogP contribution in [0.5, 0.6) is 0 Å². The van der Waals surface area contributed by atoms with Crippen LogP contribution in [0.25, 0.3) is 0 Å². The SMILES string of the molecule is CCC[C@@H](C)[C@H]1CC[C@H]2[C@@H]3CC(C)(O)C4(C(=O)O)C[C@H](O)CC[C@]4(C)[C@H]3CC[C@]12C. The lowest BCUT2D eigenvalue weighted by atomic mass is 9.36. The van der Waals surface area contributed by atoms with Gasteiger partial charge in [0.25, 0.3) is 0 Å². The summed E-state index contributed by atoms with van der Waals surface area (Å²) >= 11 is 0. The minimum atomic E-state index is -1.29. The van der Waals surface area contributed by atoms with Gasteiger partial charge in [0.15, 0.2) is 0 Å². The molecule has 2 unspecified atom stereocenters. The molecule has 4 aliphatic carbocycles. The molecule has 0 saturated heterocycles. The molecule has 4 aliphatic rings. The minimum Gasteiger partial charge on any atom is -0.481 e. The number of hydrogen-bond acceptors (Lipinski definition) is 3. The predicted molar refractivity (Wildman–Crippen MR) is 118 cm³/mol. The zero-order valence-electron chi connectivity index (χ0n) is 19.8. The molecule has 0 spiro atoms. The Morgan fingerprint density at radius 1 is 1.03 bits per heavy atom. The van der Waals surface area contributed by atoms with Crippen LogP contribution in [-0.4, -0.2) is 33.0 Å². The van der Waals surface area contributed by atoms with Crippen molar-refractivity contribution in [3.05, 3.63) is 0 Å². The molecule has 0 aliphatic heterocycles. The quantitative estimate of drug-likeness (QED) is 0.580. The number of carboxylic acid groups (broad SMARTS) is 1. The summed E-state index contributed by atoms with van der Waals surface area (Å²) < 4.78 is 0. The smallest absolute Gasteiger partial charge is 0.313 e. The molecule has 4 fully saturated rings. The van der Waals surface area contributed by atoms with E-state index in [9.17, 15) is 20.1 Å². The van der Waals surface area contributed by atoms with Crippen LogP contribution in [0.1, 0.15) is 98.8 Å². The van der Waals surface area contributed by atoms with Crippen molar-refractivity contribution in [2.75, 3.05) is 0 Å². The number of aliphatic carboxylic acids is 1. The van der Waals surface area contributed by atoms with E-state index >= 15 is 0 Å². The average Bonchev–Trinajstić information content (AvgIpc) is 3.00. The monoisotopic (exact) mass is 420 g/mol. The van der Waals surface area contributed by atoms with Gasteiger partial charge in [-0.1, -0.05) is 40.5 Å². The first-order valence-electron chi connectivity index (χ1n) is 12.6. The second-order valence-electron chi connectivity index (χ2n) is 12.4. The summed E-state index contributed by atoms with van der Waals surface area (Å²) in [6.07, 6.45) is 8.79. The van der Waals surface area contributed by atoms with Crippen molar-refractivity contribution >= 4 is 5.97 Å². The van der Waals surface area contributed by atoms with Crippen molar-refractivity contribution < 1.29 is 20.1 Å². The molecule has 10 atom stereocenters. The average molecular weight is 421 g/mol. The molecular formula is C26H44O4. The third-order valence-corrected chi connectivity index (χ3v) is 11.2. The first-order chi connectivity index (χ1) is 13.9. The molecule has 30 heavy (non-hydrogen) atoms. The van der Waals surface area contributed by atoms with Crippen LogP contribution in [0.15, 0.2) is 0 Å². The summed E-state index contributed by atoms with van der Waals surface area (Å²) in [5, 5.41) is 32.7. The van der Waals surface area contributed by atoms with Gasteiger partial charge in [0.05, 0.1) is 11.7 Å². The van der Waals surface area contributed by atoms with Crippen LogP contribution in [0, 0.1) is 45.8 Å². The van der Waals surface area contributed by atoms with E-state index in [-0.39, 0.29) is 6.42 Å². The fourth-order valence-electron chi connectivity index (χ4n) is 9.90. The van der Waals surface area contributed by atoms with Crippen LogP contribution in [-0.2, 0) is 4.79 Å². The normalized spacial score (nSPS) is 54.0. The van der Waals surface area contributed by atoms with Crippen molar-refractivity contribution in [3.63, 3.8) is 0 Å². The van der Waals surface area contributed by atoms with Gasteiger partial charge in [0, 0.05) is 0 Å². The van der Waals surface area contributed by atoms with Gasteiger partial charge < -0.3 is 15.3 Å². The van der Waals surface area contributed by atoms with E-state index in [0.29, 0.717) is 42.4 Å². The molecule has 0 aromatic heterocycles. The Morgan fingerprint density at radius 3 is 2.37 bits per heavy atom. The molecule has 0 amide bonds. The van der Waals surface area contributed by atoms with Crippen LogP contribution in [0.4, 0.5) is 0 Å². The third-order valence-electron chi connectivity index (χ3n) is 11.2. The van der Waals surface area contributed by atoms with Crippen molar-refractivity contribution in [2.24, 2.45) is 45.8 Å². The maximum Gasteiger partial charge on any atom is 0.313 e. The lowest BCUT2D eigenvalue weighted by Crippen LogP contribution is -2.71. The highest BCUT2D eigenvalue weighted by molar-refractivity contribution is 5.78. The number of carbonyl (C=O) groups is 1. The van der Waals surface area contributed by atoms with Crippen molar-refractivity contribution in [2.45, 2.75) is 111 Å². The van der Waals surface area contributed by atoms with Gasteiger partial charge >= 0.3 is 5.97 Å². The van der Waals surface area contributed by atoms with Crippen LogP contribution in [0.3, 0.4) is 0 Å². The second kappa shape index (κ2) is 7.20. The van der Waals surface area contributed by atoms with Gasteiger partial charge in [-0.15, -0.1) is 0 Å². The van der Waals surface area contributed by atoms with E-state index in [0.717, 1.165) is 18.3 Å². The summed E-state index contributed by atoms with van der Waals surface area (Å²) in [5.74, 6) is 1.90. The fourth-order valence-corrected chi connectivity index (χ4v) is 9.90. The van der Waals surface area contributed by atoms with Crippen molar-refractivity contribution in [3.8, 4) is 0 Å². The predicted octanol–water partition coefficient (Wildman–Crippen LogP) is 5.26. The molecule has 0 radical (unpaired) electrons. The summed E-state index contributed by atoms with van der Waals surface area (Å²) in [6.45, 7) is 11.1. The molecule has 4 saturated carbocycles. The third kappa shape index (κ3) is 2.74. The van der Waals surface area contributed by atoms with E-state index in [1.807, 2.05) is 0 Å². The largest absolute Gasteiger partial charge is 0.481 e. The highest BCUT2D eigenvalue weighted by atomic mass is 16.4. The molecule has 4 heteroatoms. The minimum absolute atomic E-state index is 0.188. The van der Waals surface area contributed by atoms with Gasteiger partial charge in [-0.05, 0) is 98.7 Å². The second-order valence-corrected chi connectivity index (χ2v) is 12.4. The van der Waals surface area contributed by atoms with E-state index in [1.165, 1.54) is 32.1 Å². The standard InChI is InChI=1S/C26H44O4/c1-6-7-16(2)19-8-9-20-18-15-25(5,30)26(22(28)29)14-17(27)10-13-24(26,4)21(18)11-12-23(19,20)3/h16-21,27,30H,6-15H2,1-5H3,(H,28,29)/t16-,17-,18+,19-,20+,21+,23-,24-,25?,26?/m1/s1. The Morgan fingerprint density at radius 2 is 1.73 bits per heavy atom. The summed E-state index contributed by atoms with van der Waals surface area (Å²) in [7, 11) is 0. The Kier molecular flexibility index (Phi) is 5.42. The van der Waals surface area contributed by atoms with Crippen LogP contribution >= 0.6 is 0 Å². The number of aliphatic hydroxyl groups excluding tert-OH is 1. The molecule has 4 nitrogen and oxygen atoms in total. The lowest BCUT2D eigenvalue weighted by molar-refractivity contribution is -0.265. The maximum absolute atomic E-state index is 12.8. The topological polar surface area (TPSA) is 77.8 Å². The van der Waals surface area contributed by atoms with Gasteiger partial charge in [0.2, 0.25) is 0 Å². The van der Waals surface area contributed by atoms with E-state index < -0.39 is 28.5 Å². The Balaban J connectivity index is 1.73. The number of rotatable bonds is 4. The van der Waals surface area contributed by atoms with E-state index in [4.69, 9.17) is 0 Å². The molecule has 172 valence electrons. The zero-order valence-corrected chi connectivity index (χ0v) is 19.8. The maximum atomic E-state index is 12.8. The number of carboxylic acids is 1. The molecule has 0 aromatic carbocycles. The highest BCUT2D eigenvalue weighted by Gasteiger charge is 2.74. The first kappa shape index (κ1) is 22.6. The molecule has 4 rings (SSSR count). The molecule has 0 heterocycles. The summed E-state index contributed by atoms with van der Waals surface area (Å²) in [5.41, 5.74) is -2.68.